The molecule has 0 aliphatic heterocycles. The molecule has 0 atom stereocenters. The van der Waals surface area contributed by atoms with Crippen molar-refractivity contribution in [3.63, 3.8) is 0 Å². The average molecular weight is 371 g/mol. The fourth-order valence-corrected chi connectivity index (χ4v) is 2.88. The molecule has 3 nitrogen and oxygen atoms in total. The third kappa shape index (κ3) is 4.68. The minimum absolute atomic E-state index is 0.0407. The molecule has 142 valence electrons. The molecule has 3 aromatic rings. The van der Waals surface area contributed by atoms with Gasteiger partial charge in [0.2, 0.25) is 0 Å². The van der Waals surface area contributed by atoms with Gasteiger partial charge in [-0.15, -0.1) is 0 Å². The Kier molecular flexibility index (Phi) is 5.65. The van der Waals surface area contributed by atoms with E-state index in [2.05, 4.69) is 26.1 Å². The van der Waals surface area contributed by atoms with Crippen LogP contribution < -0.4 is 5.32 Å². The van der Waals surface area contributed by atoms with E-state index in [1.807, 2.05) is 60.7 Å². The molecule has 0 bridgehead atoms. The number of allylic oxidation sites excluding steroid dienone is 1. The third-order valence-corrected chi connectivity index (χ3v) is 4.57. The van der Waals surface area contributed by atoms with Gasteiger partial charge in [-0.2, -0.15) is 0 Å². The van der Waals surface area contributed by atoms with Crippen LogP contribution >= 0.6 is 0 Å². The molecule has 3 aromatic carbocycles. The van der Waals surface area contributed by atoms with E-state index < -0.39 is 0 Å². The molecule has 3 heteroatoms. The molecule has 0 saturated carbocycles. The minimum atomic E-state index is -0.0952. The molecule has 0 radical (unpaired) electrons. The molecule has 0 saturated heterocycles. The second-order valence-corrected chi connectivity index (χ2v) is 7.76. The molecular formula is C25H25NO2. The summed E-state index contributed by atoms with van der Waals surface area (Å²) < 4.78 is 0. The lowest BCUT2D eigenvalue weighted by Crippen LogP contribution is -2.11. The van der Waals surface area contributed by atoms with Crippen molar-refractivity contribution in [2.75, 3.05) is 5.32 Å². The fourth-order valence-electron chi connectivity index (χ4n) is 2.88. The van der Waals surface area contributed by atoms with Crippen LogP contribution in [0.3, 0.4) is 0 Å². The van der Waals surface area contributed by atoms with Crippen LogP contribution in [0.2, 0.25) is 0 Å². The van der Waals surface area contributed by atoms with Crippen molar-refractivity contribution in [1.29, 1.82) is 0 Å². The SMILES string of the molecule is CC(C)(C)c1ccc(C(=O)/C=C(\Nc2ccccc2O)c2ccccc2)cc1. The average Bonchev–Trinajstić information content (AvgIpc) is 2.69. The first kappa shape index (κ1) is 19.4. The smallest absolute Gasteiger partial charge is 0.187 e. The number of hydrogen-bond acceptors (Lipinski definition) is 3. The third-order valence-electron chi connectivity index (χ3n) is 4.57. The van der Waals surface area contributed by atoms with Gasteiger partial charge in [-0.3, -0.25) is 4.79 Å². The number of anilines is 1. The van der Waals surface area contributed by atoms with Gasteiger partial charge in [0.1, 0.15) is 5.75 Å². The highest BCUT2D eigenvalue weighted by molar-refractivity contribution is 6.09. The number of carbonyl (C=O) groups is 1. The first-order valence-electron chi connectivity index (χ1n) is 9.31. The topological polar surface area (TPSA) is 49.3 Å². The zero-order chi connectivity index (χ0) is 20.1. The Morgan fingerprint density at radius 2 is 1.43 bits per heavy atom. The Balaban J connectivity index is 1.94. The number of ketones is 1. The summed E-state index contributed by atoms with van der Waals surface area (Å²) >= 11 is 0. The zero-order valence-corrected chi connectivity index (χ0v) is 16.4. The molecule has 28 heavy (non-hydrogen) atoms. The predicted octanol–water partition coefficient (Wildman–Crippen LogP) is 6.03. The number of aromatic hydroxyl groups is 1. The molecule has 0 aliphatic carbocycles. The number of hydrogen-bond donors (Lipinski definition) is 2. The van der Waals surface area contributed by atoms with Crippen molar-refractivity contribution in [1.82, 2.24) is 0 Å². The van der Waals surface area contributed by atoms with E-state index in [1.165, 1.54) is 5.56 Å². The van der Waals surface area contributed by atoms with Gasteiger partial charge in [0.05, 0.1) is 5.69 Å². The molecule has 3 rings (SSSR count). The van der Waals surface area contributed by atoms with Gasteiger partial charge in [0.15, 0.2) is 5.78 Å². The molecule has 0 aliphatic rings. The van der Waals surface area contributed by atoms with Crippen LogP contribution in [0.15, 0.2) is 84.9 Å². The second-order valence-electron chi connectivity index (χ2n) is 7.76. The van der Waals surface area contributed by atoms with Crippen molar-refractivity contribution >= 4 is 17.2 Å². The molecule has 0 spiro atoms. The lowest BCUT2D eigenvalue weighted by Gasteiger charge is -2.19. The molecule has 0 fully saturated rings. The highest BCUT2D eigenvalue weighted by atomic mass is 16.3. The Morgan fingerprint density at radius 1 is 0.821 bits per heavy atom. The minimum Gasteiger partial charge on any atom is -0.506 e. The first-order chi connectivity index (χ1) is 13.3. The van der Waals surface area contributed by atoms with E-state index in [-0.39, 0.29) is 16.9 Å². The Labute approximate surface area is 166 Å². The summed E-state index contributed by atoms with van der Waals surface area (Å²) in [4.78, 5) is 12.9. The van der Waals surface area contributed by atoms with Crippen LogP contribution in [-0.4, -0.2) is 10.9 Å². The number of para-hydroxylation sites is 2. The first-order valence-corrected chi connectivity index (χ1v) is 9.31. The van der Waals surface area contributed by atoms with Crippen molar-refractivity contribution in [3.05, 3.63) is 102 Å². The van der Waals surface area contributed by atoms with E-state index in [4.69, 9.17) is 0 Å². The van der Waals surface area contributed by atoms with Gasteiger partial charge in [-0.05, 0) is 28.7 Å². The summed E-state index contributed by atoms with van der Waals surface area (Å²) in [6.07, 6.45) is 1.58. The number of nitrogens with one attached hydrogen (secondary N) is 1. The van der Waals surface area contributed by atoms with Gasteiger partial charge in [0, 0.05) is 17.3 Å². The van der Waals surface area contributed by atoms with E-state index in [1.54, 1.807) is 24.3 Å². The van der Waals surface area contributed by atoms with Crippen molar-refractivity contribution < 1.29 is 9.90 Å². The predicted molar refractivity (Wildman–Crippen MR) is 116 cm³/mol. The van der Waals surface area contributed by atoms with Gasteiger partial charge in [-0.1, -0.05) is 87.5 Å². The summed E-state index contributed by atoms with van der Waals surface area (Å²) in [5.74, 6) is 0.0357. The van der Waals surface area contributed by atoms with Crippen molar-refractivity contribution in [2.45, 2.75) is 26.2 Å². The van der Waals surface area contributed by atoms with Gasteiger partial charge < -0.3 is 10.4 Å². The standard InChI is InChI=1S/C25H25NO2/c1-25(2,3)20-15-13-19(14-16-20)24(28)17-22(18-9-5-4-6-10-18)26-21-11-7-8-12-23(21)27/h4-17,26-27H,1-3H3/b22-17-. The second kappa shape index (κ2) is 8.13. The number of phenolic OH excluding ortho intramolecular Hbond substituents is 1. The molecule has 2 N–H and O–H groups in total. The maximum atomic E-state index is 12.9. The number of phenols is 1. The van der Waals surface area contributed by atoms with Gasteiger partial charge >= 0.3 is 0 Å². The quantitative estimate of drug-likeness (QED) is 0.327. The number of rotatable bonds is 5. The molecule has 0 aromatic heterocycles. The maximum Gasteiger partial charge on any atom is 0.187 e. The summed E-state index contributed by atoms with van der Waals surface area (Å²) in [5, 5.41) is 13.3. The van der Waals surface area contributed by atoms with Gasteiger partial charge in [0.25, 0.3) is 0 Å². The van der Waals surface area contributed by atoms with E-state index >= 15 is 0 Å². The fraction of sp³-hybridized carbons (Fsp3) is 0.160. The monoisotopic (exact) mass is 371 g/mol. The number of benzene rings is 3. The van der Waals surface area contributed by atoms with E-state index in [0.717, 1.165) is 5.56 Å². The lowest BCUT2D eigenvalue weighted by atomic mass is 9.86. The summed E-state index contributed by atoms with van der Waals surface area (Å²) in [7, 11) is 0. The van der Waals surface area contributed by atoms with Crippen LogP contribution in [-0.2, 0) is 5.41 Å². The normalized spacial score (nSPS) is 11.9. The van der Waals surface area contributed by atoms with Crippen LogP contribution in [0.25, 0.3) is 5.70 Å². The molecule has 0 heterocycles. The Morgan fingerprint density at radius 3 is 2.04 bits per heavy atom. The summed E-state index contributed by atoms with van der Waals surface area (Å²) in [6, 6.07) is 24.3. The largest absolute Gasteiger partial charge is 0.506 e. The van der Waals surface area contributed by atoms with Crippen molar-refractivity contribution in [3.8, 4) is 5.75 Å². The van der Waals surface area contributed by atoms with Crippen LogP contribution in [0.5, 0.6) is 5.75 Å². The van der Waals surface area contributed by atoms with E-state index in [0.29, 0.717) is 16.9 Å². The summed E-state index contributed by atoms with van der Waals surface area (Å²) in [5.41, 5.74) is 3.90. The number of carbonyl (C=O) groups excluding carboxylic acids is 1. The molecular weight excluding hydrogens is 346 g/mol. The molecule has 0 unspecified atom stereocenters. The van der Waals surface area contributed by atoms with Crippen LogP contribution in [0.1, 0.15) is 42.3 Å². The van der Waals surface area contributed by atoms with E-state index in [9.17, 15) is 9.90 Å². The molecule has 0 amide bonds. The maximum absolute atomic E-state index is 12.9. The van der Waals surface area contributed by atoms with Gasteiger partial charge in [-0.25, -0.2) is 0 Å². The highest BCUT2D eigenvalue weighted by Gasteiger charge is 2.14. The van der Waals surface area contributed by atoms with Crippen LogP contribution in [0.4, 0.5) is 5.69 Å². The lowest BCUT2D eigenvalue weighted by molar-refractivity contribution is 0.104. The Hall–Kier alpha value is -3.33. The highest BCUT2D eigenvalue weighted by Crippen LogP contribution is 2.27. The van der Waals surface area contributed by atoms with Crippen molar-refractivity contribution in [2.24, 2.45) is 0 Å². The summed E-state index contributed by atoms with van der Waals surface area (Å²) in [6.45, 7) is 6.44. The zero-order valence-electron chi connectivity index (χ0n) is 16.4. The van der Waals surface area contributed by atoms with Crippen LogP contribution in [0, 0.1) is 0 Å². The Bertz CT molecular complexity index is 981.